The molecule has 6 unspecified atom stereocenters. The van der Waals surface area contributed by atoms with Gasteiger partial charge >= 0.3 is 0 Å². The van der Waals surface area contributed by atoms with Crippen molar-refractivity contribution in [1.29, 1.82) is 0 Å². The Labute approximate surface area is 142 Å². The van der Waals surface area contributed by atoms with E-state index in [1.165, 1.54) is 51.4 Å². The summed E-state index contributed by atoms with van der Waals surface area (Å²) in [6.45, 7) is 19.3. The van der Waals surface area contributed by atoms with Crippen molar-refractivity contribution in [3.05, 3.63) is 0 Å². The summed E-state index contributed by atoms with van der Waals surface area (Å²) in [7, 11) is 0. The van der Waals surface area contributed by atoms with Crippen LogP contribution in [0, 0.1) is 35.5 Å². The second kappa shape index (κ2) is 12.4. The lowest BCUT2D eigenvalue weighted by atomic mass is 9.77. The topological polar surface area (TPSA) is 0 Å². The van der Waals surface area contributed by atoms with Crippen molar-refractivity contribution < 1.29 is 0 Å². The van der Waals surface area contributed by atoms with Gasteiger partial charge in [-0.25, -0.2) is 0 Å². The van der Waals surface area contributed by atoms with Crippen LogP contribution in [0.5, 0.6) is 0 Å². The predicted molar refractivity (Wildman–Crippen MR) is 103 cm³/mol. The van der Waals surface area contributed by atoms with Gasteiger partial charge < -0.3 is 0 Å². The van der Waals surface area contributed by atoms with Crippen molar-refractivity contribution in [1.82, 2.24) is 0 Å². The first kappa shape index (κ1) is 22.0. The summed E-state index contributed by atoms with van der Waals surface area (Å²) in [4.78, 5) is 0. The minimum atomic E-state index is 0.898. The lowest BCUT2D eigenvalue weighted by Gasteiger charge is -2.29. The van der Waals surface area contributed by atoms with Crippen LogP contribution in [-0.2, 0) is 0 Å². The molecule has 0 aromatic carbocycles. The van der Waals surface area contributed by atoms with E-state index in [9.17, 15) is 0 Å². The van der Waals surface area contributed by atoms with Gasteiger partial charge in [0.1, 0.15) is 0 Å². The van der Waals surface area contributed by atoms with Gasteiger partial charge in [-0.05, 0) is 61.2 Å². The fraction of sp³-hybridized carbons (Fsp3) is 1.00. The van der Waals surface area contributed by atoms with Gasteiger partial charge in [0.15, 0.2) is 0 Å². The van der Waals surface area contributed by atoms with E-state index in [1.54, 1.807) is 0 Å². The van der Waals surface area contributed by atoms with Crippen molar-refractivity contribution in [2.75, 3.05) is 0 Å². The third-order valence-electron chi connectivity index (χ3n) is 6.25. The summed E-state index contributed by atoms with van der Waals surface area (Å²) >= 11 is 0. The Morgan fingerprint density at radius 2 is 1.00 bits per heavy atom. The monoisotopic (exact) mass is 310 g/mol. The van der Waals surface area contributed by atoms with Gasteiger partial charge in [0.05, 0.1) is 0 Å². The molecule has 0 heteroatoms. The number of hydrogen-bond acceptors (Lipinski definition) is 0. The van der Waals surface area contributed by atoms with Crippen molar-refractivity contribution >= 4 is 0 Å². The van der Waals surface area contributed by atoms with Crippen LogP contribution >= 0.6 is 0 Å². The number of rotatable bonds is 13. The Hall–Kier alpha value is 0. The standard InChI is InChI=1S/C22H46/c1-9-17(5)14-21(11-3)15-19(7)13-20(8)22(12-4)16-18(6)10-2/h17-22H,9-16H2,1-8H3. The van der Waals surface area contributed by atoms with Gasteiger partial charge in [0.2, 0.25) is 0 Å². The average Bonchev–Trinajstić information content (AvgIpc) is 2.50. The molecule has 0 fully saturated rings. The summed E-state index contributed by atoms with van der Waals surface area (Å²) in [5, 5.41) is 0. The first-order valence-corrected chi connectivity index (χ1v) is 10.4. The zero-order valence-electron chi connectivity index (χ0n) is 17.1. The average molecular weight is 311 g/mol. The maximum absolute atomic E-state index is 2.52. The molecule has 134 valence electrons. The molecule has 0 saturated carbocycles. The van der Waals surface area contributed by atoms with E-state index in [2.05, 4.69) is 55.4 Å². The largest absolute Gasteiger partial charge is 0.0651 e. The SMILES string of the molecule is CCC(C)CC(CC)CC(C)CC(C)C(CC)CC(C)CC. The predicted octanol–water partition coefficient (Wildman–Crippen LogP) is 7.96. The second-order valence-corrected chi connectivity index (χ2v) is 8.49. The Bertz CT molecular complexity index is 244. The van der Waals surface area contributed by atoms with Crippen LogP contribution in [0.15, 0.2) is 0 Å². The van der Waals surface area contributed by atoms with Gasteiger partial charge in [-0.1, -0.05) is 81.1 Å². The highest BCUT2D eigenvalue weighted by atomic mass is 14.3. The lowest BCUT2D eigenvalue weighted by molar-refractivity contribution is 0.218. The first-order chi connectivity index (χ1) is 10.4. The molecule has 0 radical (unpaired) electrons. The first-order valence-electron chi connectivity index (χ1n) is 10.4. The van der Waals surface area contributed by atoms with E-state index in [4.69, 9.17) is 0 Å². The Balaban J connectivity index is 4.33. The van der Waals surface area contributed by atoms with Crippen LogP contribution in [0.4, 0.5) is 0 Å². The molecule has 0 aliphatic rings. The maximum atomic E-state index is 2.52. The van der Waals surface area contributed by atoms with E-state index in [0.717, 1.165) is 35.5 Å². The minimum Gasteiger partial charge on any atom is -0.0651 e. The summed E-state index contributed by atoms with van der Waals surface area (Å²) in [6, 6.07) is 0. The molecular formula is C22H46. The van der Waals surface area contributed by atoms with Crippen molar-refractivity contribution in [2.24, 2.45) is 35.5 Å². The highest BCUT2D eigenvalue weighted by Crippen LogP contribution is 2.33. The zero-order chi connectivity index (χ0) is 17.1. The van der Waals surface area contributed by atoms with Crippen molar-refractivity contribution in [3.63, 3.8) is 0 Å². The molecule has 22 heavy (non-hydrogen) atoms. The molecule has 0 rings (SSSR count). The summed E-state index contributed by atoms with van der Waals surface area (Å²) in [5.74, 6) is 5.49. The molecule has 6 atom stereocenters. The van der Waals surface area contributed by atoms with Gasteiger partial charge in [-0.3, -0.25) is 0 Å². The normalized spacial score (nSPS) is 20.2. The molecule has 0 bridgehead atoms. The molecule has 0 saturated heterocycles. The highest BCUT2D eigenvalue weighted by molar-refractivity contribution is 4.73. The summed E-state index contributed by atoms with van der Waals surface area (Å²) < 4.78 is 0. The van der Waals surface area contributed by atoms with Gasteiger partial charge in [0.25, 0.3) is 0 Å². The second-order valence-electron chi connectivity index (χ2n) is 8.49. The Morgan fingerprint density at radius 3 is 1.45 bits per heavy atom. The molecule has 0 heterocycles. The van der Waals surface area contributed by atoms with E-state index in [0.29, 0.717) is 0 Å². The third kappa shape index (κ3) is 9.21. The maximum Gasteiger partial charge on any atom is -0.0388 e. The molecular weight excluding hydrogens is 264 g/mol. The fourth-order valence-corrected chi connectivity index (χ4v) is 4.14. The molecule has 0 nitrogen and oxygen atoms in total. The molecule has 0 aliphatic carbocycles. The van der Waals surface area contributed by atoms with Gasteiger partial charge in [0, 0.05) is 0 Å². The molecule has 0 amide bonds. The van der Waals surface area contributed by atoms with E-state index >= 15 is 0 Å². The summed E-state index contributed by atoms with van der Waals surface area (Å²) in [6.07, 6.45) is 11.2. The van der Waals surface area contributed by atoms with Crippen molar-refractivity contribution in [3.8, 4) is 0 Å². The van der Waals surface area contributed by atoms with E-state index < -0.39 is 0 Å². The van der Waals surface area contributed by atoms with Crippen LogP contribution < -0.4 is 0 Å². The van der Waals surface area contributed by atoms with Crippen LogP contribution in [-0.4, -0.2) is 0 Å². The van der Waals surface area contributed by atoms with Crippen LogP contribution in [0.3, 0.4) is 0 Å². The molecule has 0 N–H and O–H groups in total. The van der Waals surface area contributed by atoms with Crippen LogP contribution in [0.2, 0.25) is 0 Å². The fourth-order valence-electron chi connectivity index (χ4n) is 4.14. The number of hydrogen-bond donors (Lipinski definition) is 0. The molecule has 0 aromatic rings. The van der Waals surface area contributed by atoms with Gasteiger partial charge in [-0.15, -0.1) is 0 Å². The van der Waals surface area contributed by atoms with Crippen molar-refractivity contribution in [2.45, 2.75) is 107 Å². The molecule has 0 spiro atoms. The van der Waals surface area contributed by atoms with Crippen LogP contribution in [0.1, 0.15) is 107 Å². The van der Waals surface area contributed by atoms with Crippen LogP contribution in [0.25, 0.3) is 0 Å². The third-order valence-corrected chi connectivity index (χ3v) is 6.25. The smallest absolute Gasteiger partial charge is 0.0388 e. The summed E-state index contributed by atoms with van der Waals surface area (Å²) in [5.41, 5.74) is 0. The van der Waals surface area contributed by atoms with E-state index in [-0.39, 0.29) is 0 Å². The van der Waals surface area contributed by atoms with E-state index in [1.807, 2.05) is 0 Å². The zero-order valence-corrected chi connectivity index (χ0v) is 17.1. The Morgan fingerprint density at radius 1 is 0.500 bits per heavy atom. The lowest BCUT2D eigenvalue weighted by Crippen LogP contribution is -2.18. The Kier molecular flexibility index (Phi) is 12.4. The molecule has 0 aromatic heterocycles. The molecule has 0 aliphatic heterocycles. The highest BCUT2D eigenvalue weighted by Gasteiger charge is 2.21. The van der Waals surface area contributed by atoms with Gasteiger partial charge in [-0.2, -0.15) is 0 Å². The quantitative estimate of drug-likeness (QED) is 0.323. The minimum absolute atomic E-state index is 0.898.